The molecule has 0 bridgehead atoms. The van der Waals surface area contributed by atoms with E-state index in [0.29, 0.717) is 6.54 Å². The van der Waals surface area contributed by atoms with E-state index in [1.54, 1.807) is 0 Å². The first-order chi connectivity index (χ1) is 7.50. The van der Waals surface area contributed by atoms with Gasteiger partial charge in [0, 0.05) is 24.7 Å². The molecule has 0 aliphatic rings. The van der Waals surface area contributed by atoms with Crippen molar-refractivity contribution in [1.29, 1.82) is 0 Å². The van der Waals surface area contributed by atoms with E-state index in [0.717, 1.165) is 17.7 Å². The van der Waals surface area contributed by atoms with Crippen molar-refractivity contribution in [3.8, 4) is 0 Å². The summed E-state index contributed by atoms with van der Waals surface area (Å²) in [5.74, 6) is -1.38. The molecule has 4 heteroatoms. The molecule has 1 aromatic rings. The molecule has 0 amide bonds. The van der Waals surface area contributed by atoms with E-state index in [2.05, 4.69) is 11.9 Å². The zero-order valence-corrected chi connectivity index (χ0v) is 9.13. The molecule has 16 heavy (non-hydrogen) atoms. The maximum Gasteiger partial charge on any atom is 0.131 e. The topological polar surface area (TPSA) is 32.3 Å². The highest BCUT2D eigenvalue weighted by Gasteiger charge is 2.12. The predicted octanol–water partition coefficient (Wildman–Crippen LogP) is 2.16. The minimum absolute atomic E-state index is 0.0932. The Morgan fingerprint density at radius 1 is 1.50 bits per heavy atom. The second-order valence-electron chi connectivity index (χ2n) is 3.77. The Labute approximate surface area is 93.6 Å². The summed E-state index contributed by atoms with van der Waals surface area (Å²) in [6, 6.07) is 3.13. The van der Waals surface area contributed by atoms with Crippen molar-refractivity contribution < 1.29 is 13.9 Å². The first-order valence-electron chi connectivity index (χ1n) is 4.99. The van der Waals surface area contributed by atoms with Crippen LogP contribution in [0, 0.1) is 11.6 Å². The van der Waals surface area contributed by atoms with Gasteiger partial charge in [-0.15, -0.1) is 0 Å². The summed E-state index contributed by atoms with van der Waals surface area (Å²) in [5.41, 5.74) is 1.02. The highest BCUT2D eigenvalue weighted by molar-refractivity contribution is 5.21. The quantitative estimate of drug-likeness (QED) is 0.755. The molecule has 0 fully saturated rings. The molecule has 1 rings (SSSR count). The maximum absolute atomic E-state index is 13.2. The SMILES string of the molecule is C=C(C)CNCC(O)c1ccc(F)cc1F. The van der Waals surface area contributed by atoms with Crippen LogP contribution in [0.2, 0.25) is 0 Å². The Balaban J connectivity index is 2.58. The van der Waals surface area contributed by atoms with Gasteiger partial charge in [-0.25, -0.2) is 8.78 Å². The molecule has 0 aliphatic heterocycles. The summed E-state index contributed by atoms with van der Waals surface area (Å²) in [7, 11) is 0. The molecule has 2 nitrogen and oxygen atoms in total. The van der Waals surface area contributed by atoms with Crippen LogP contribution in [0.1, 0.15) is 18.6 Å². The molecule has 0 saturated heterocycles. The van der Waals surface area contributed by atoms with Crippen LogP contribution in [0.4, 0.5) is 8.78 Å². The largest absolute Gasteiger partial charge is 0.387 e. The Bertz CT molecular complexity index is 379. The lowest BCUT2D eigenvalue weighted by Gasteiger charge is -2.13. The summed E-state index contributed by atoms with van der Waals surface area (Å²) < 4.78 is 25.9. The van der Waals surface area contributed by atoms with E-state index >= 15 is 0 Å². The molecule has 0 radical (unpaired) electrons. The average Bonchev–Trinajstić information content (AvgIpc) is 2.16. The number of benzene rings is 1. The van der Waals surface area contributed by atoms with Gasteiger partial charge in [-0.1, -0.05) is 18.2 Å². The van der Waals surface area contributed by atoms with E-state index in [9.17, 15) is 13.9 Å². The summed E-state index contributed by atoms with van der Waals surface area (Å²) in [6.07, 6.45) is -0.986. The lowest BCUT2D eigenvalue weighted by atomic mass is 10.1. The van der Waals surface area contributed by atoms with Gasteiger partial charge in [0.15, 0.2) is 0 Å². The van der Waals surface area contributed by atoms with Crippen LogP contribution >= 0.6 is 0 Å². The van der Waals surface area contributed by atoms with Crippen LogP contribution in [0.15, 0.2) is 30.4 Å². The lowest BCUT2D eigenvalue weighted by Crippen LogP contribution is -2.23. The van der Waals surface area contributed by atoms with E-state index in [1.165, 1.54) is 6.07 Å². The van der Waals surface area contributed by atoms with E-state index in [4.69, 9.17) is 0 Å². The molecule has 0 aliphatic carbocycles. The highest BCUT2D eigenvalue weighted by Crippen LogP contribution is 2.17. The standard InChI is InChI=1S/C12H15F2NO/c1-8(2)6-15-7-12(16)10-4-3-9(13)5-11(10)14/h3-5,12,15-16H,1,6-7H2,2H3. The number of rotatable bonds is 5. The fourth-order valence-electron chi connectivity index (χ4n) is 1.30. The predicted molar refractivity (Wildman–Crippen MR) is 59.0 cm³/mol. The monoisotopic (exact) mass is 227 g/mol. The van der Waals surface area contributed by atoms with Crippen LogP contribution in [0.3, 0.4) is 0 Å². The number of aliphatic hydroxyl groups excluding tert-OH is 1. The van der Waals surface area contributed by atoms with E-state index in [-0.39, 0.29) is 12.1 Å². The Morgan fingerprint density at radius 2 is 2.19 bits per heavy atom. The van der Waals surface area contributed by atoms with Crippen molar-refractivity contribution >= 4 is 0 Å². The summed E-state index contributed by atoms with van der Waals surface area (Å²) in [6.45, 7) is 6.29. The molecule has 1 aromatic carbocycles. The van der Waals surface area contributed by atoms with Crippen LogP contribution in [-0.2, 0) is 0 Å². The van der Waals surface area contributed by atoms with Crippen molar-refractivity contribution in [3.05, 3.63) is 47.5 Å². The molecule has 1 unspecified atom stereocenters. The molecule has 0 spiro atoms. The van der Waals surface area contributed by atoms with Crippen molar-refractivity contribution in [2.75, 3.05) is 13.1 Å². The molecule has 2 N–H and O–H groups in total. The summed E-state index contributed by atoms with van der Waals surface area (Å²) >= 11 is 0. The van der Waals surface area contributed by atoms with Crippen molar-refractivity contribution in [3.63, 3.8) is 0 Å². The highest BCUT2D eigenvalue weighted by atomic mass is 19.1. The minimum Gasteiger partial charge on any atom is -0.387 e. The summed E-state index contributed by atoms with van der Waals surface area (Å²) in [4.78, 5) is 0. The molecule has 0 saturated carbocycles. The van der Waals surface area contributed by atoms with E-state index < -0.39 is 17.7 Å². The third-order valence-electron chi connectivity index (χ3n) is 2.09. The Kier molecular flexibility index (Phi) is 4.58. The molecule has 1 atom stereocenters. The Hall–Kier alpha value is -1.26. The molecule has 0 aromatic heterocycles. The fraction of sp³-hybridized carbons (Fsp3) is 0.333. The van der Waals surface area contributed by atoms with Crippen LogP contribution in [-0.4, -0.2) is 18.2 Å². The van der Waals surface area contributed by atoms with Gasteiger partial charge >= 0.3 is 0 Å². The third-order valence-corrected chi connectivity index (χ3v) is 2.09. The first-order valence-corrected chi connectivity index (χ1v) is 4.99. The van der Waals surface area contributed by atoms with Crippen molar-refractivity contribution in [2.45, 2.75) is 13.0 Å². The van der Waals surface area contributed by atoms with Gasteiger partial charge in [-0.05, 0) is 13.0 Å². The fourth-order valence-corrected chi connectivity index (χ4v) is 1.30. The summed E-state index contributed by atoms with van der Waals surface area (Å²) in [5, 5.41) is 12.6. The molecular formula is C12H15F2NO. The van der Waals surface area contributed by atoms with Crippen LogP contribution in [0.25, 0.3) is 0 Å². The van der Waals surface area contributed by atoms with Crippen LogP contribution in [0.5, 0.6) is 0 Å². The normalized spacial score (nSPS) is 12.5. The smallest absolute Gasteiger partial charge is 0.131 e. The van der Waals surface area contributed by atoms with E-state index in [1.807, 2.05) is 6.92 Å². The zero-order chi connectivity index (χ0) is 12.1. The van der Waals surface area contributed by atoms with Gasteiger partial charge in [0.1, 0.15) is 11.6 Å². The zero-order valence-electron chi connectivity index (χ0n) is 9.13. The molecular weight excluding hydrogens is 212 g/mol. The minimum atomic E-state index is -0.986. The van der Waals surface area contributed by atoms with Crippen molar-refractivity contribution in [2.24, 2.45) is 0 Å². The molecule has 88 valence electrons. The number of aliphatic hydroxyl groups is 1. The first kappa shape index (κ1) is 12.8. The average molecular weight is 227 g/mol. The van der Waals surface area contributed by atoms with Gasteiger partial charge in [-0.2, -0.15) is 0 Å². The molecule has 0 heterocycles. The lowest BCUT2D eigenvalue weighted by molar-refractivity contribution is 0.171. The van der Waals surface area contributed by atoms with Gasteiger partial charge in [0.05, 0.1) is 6.10 Å². The second-order valence-corrected chi connectivity index (χ2v) is 3.77. The van der Waals surface area contributed by atoms with Gasteiger partial charge in [0.25, 0.3) is 0 Å². The second kappa shape index (κ2) is 5.72. The number of hydrogen-bond donors (Lipinski definition) is 2. The van der Waals surface area contributed by atoms with Gasteiger partial charge < -0.3 is 10.4 Å². The van der Waals surface area contributed by atoms with Gasteiger partial charge in [0.2, 0.25) is 0 Å². The third kappa shape index (κ3) is 3.72. The number of nitrogens with one attached hydrogen (secondary N) is 1. The maximum atomic E-state index is 13.2. The van der Waals surface area contributed by atoms with Gasteiger partial charge in [-0.3, -0.25) is 0 Å². The van der Waals surface area contributed by atoms with Crippen molar-refractivity contribution in [1.82, 2.24) is 5.32 Å². The number of hydrogen-bond acceptors (Lipinski definition) is 2. The Morgan fingerprint density at radius 3 is 2.75 bits per heavy atom. The van der Waals surface area contributed by atoms with Crippen LogP contribution < -0.4 is 5.32 Å². The number of halogens is 2.